The average molecular weight is 478 g/mol. The standard InChI is InChI=1S/C22H18N6O5S/c1-27-14-23-25-21(27)15-6-4-7-16(12-15)24-22(29)19-10-2-3-11-20(19)26-34(32,33)18-9-5-8-17(13-18)28(30)31/h2-14,26H,1H3,(H,24,29). The highest BCUT2D eigenvalue weighted by atomic mass is 32.2. The number of hydrogen-bond donors (Lipinski definition) is 2. The molecule has 0 fully saturated rings. The van der Waals surface area contributed by atoms with Crippen LogP contribution in [0.5, 0.6) is 0 Å². The zero-order valence-electron chi connectivity index (χ0n) is 17.7. The van der Waals surface area contributed by atoms with Crippen LogP contribution in [0.1, 0.15) is 10.4 Å². The van der Waals surface area contributed by atoms with Gasteiger partial charge in [-0.1, -0.05) is 30.3 Å². The summed E-state index contributed by atoms with van der Waals surface area (Å²) >= 11 is 0. The number of carbonyl (C=O) groups excluding carboxylic acids is 1. The fourth-order valence-corrected chi connectivity index (χ4v) is 4.34. The van der Waals surface area contributed by atoms with Gasteiger partial charge >= 0.3 is 0 Å². The third kappa shape index (κ3) is 4.76. The number of anilines is 2. The lowest BCUT2D eigenvalue weighted by Gasteiger charge is -2.13. The molecule has 4 aromatic rings. The molecule has 4 rings (SSSR count). The van der Waals surface area contributed by atoms with E-state index in [0.717, 1.165) is 11.6 Å². The van der Waals surface area contributed by atoms with Gasteiger partial charge in [-0.3, -0.25) is 19.6 Å². The van der Waals surface area contributed by atoms with Crippen molar-refractivity contribution >= 4 is 33.0 Å². The number of nitro groups is 1. The Bertz CT molecular complexity index is 1500. The monoisotopic (exact) mass is 478 g/mol. The molecule has 3 aromatic carbocycles. The summed E-state index contributed by atoms with van der Waals surface area (Å²) in [5.74, 6) is 0.0636. The Hall–Kier alpha value is -4.58. The molecule has 0 aliphatic heterocycles. The molecule has 11 nitrogen and oxygen atoms in total. The van der Waals surface area contributed by atoms with E-state index in [1.54, 1.807) is 48.3 Å². The van der Waals surface area contributed by atoms with Crippen LogP contribution in [0.4, 0.5) is 17.1 Å². The fourth-order valence-electron chi connectivity index (χ4n) is 3.22. The smallest absolute Gasteiger partial charge is 0.270 e. The van der Waals surface area contributed by atoms with Crippen LogP contribution >= 0.6 is 0 Å². The van der Waals surface area contributed by atoms with Gasteiger partial charge in [0.25, 0.3) is 21.6 Å². The summed E-state index contributed by atoms with van der Waals surface area (Å²) in [4.78, 5) is 23.0. The number of nitro benzene ring substituents is 1. The Morgan fingerprint density at radius 3 is 2.53 bits per heavy atom. The lowest BCUT2D eigenvalue weighted by Crippen LogP contribution is -2.18. The summed E-state index contributed by atoms with van der Waals surface area (Å²) in [5.41, 5.74) is 0.938. The molecular weight excluding hydrogens is 460 g/mol. The Balaban J connectivity index is 1.59. The number of para-hydroxylation sites is 1. The normalized spacial score (nSPS) is 11.1. The molecule has 0 atom stereocenters. The molecule has 0 aliphatic rings. The van der Waals surface area contributed by atoms with Crippen molar-refractivity contribution in [2.75, 3.05) is 10.0 Å². The molecule has 0 spiro atoms. The number of hydrogen-bond acceptors (Lipinski definition) is 7. The molecule has 0 saturated carbocycles. The van der Waals surface area contributed by atoms with Crippen LogP contribution in [-0.4, -0.2) is 34.0 Å². The third-order valence-electron chi connectivity index (χ3n) is 4.84. The van der Waals surface area contributed by atoms with E-state index in [-0.39, 0.29) is 21.8 Å². The highest BCUT2D eigenvalue weighted by molar-refractivity contribution is 7.92. The van der Waals surface area contributed by atoms with Crippen molar-refractivity contribution < 1.29 is 18.1 Å². The molecule has 0 radical (unpaired) electrons. The summed E-state index contributed by atoms with van der Waals surface area (Å²) in [6.45, 7) is 0. The van der Waals surface area contributed by atoms with Crippen molar-refractivity contribution in [2.24, 2.45) is 7.05 Å². The molecular formula is C22H18N6O5S. The Labute approximate surface area is 194 Å². The van der Waals surface area contributed by atoms with Gasteiger partial charge in [0.05, 0.1) is 21.1 Å². The maximum atomic E-state index is 13.0. The third-order valence-corrected chi connectivity index (χ3v) is 6.21. The second-order valence-corrected chi connectivity index (χ2v) is 8.89. The van der Waals surface area contributed by atoms with Crippen molar-refractivity contribution in [3.63, 3.8) is 0 Å². The predicted octanol–water partition coefficient (Wildman–Crippen LogP) is 3.44. The first-order valence-corrected chi connectivity index (χ1v) is 11.3. The number of nitrogens with one attached hydrogen (secondary N) is 2. The van der Waals surface area contributed by atoms with Crippen molar-refractivity contribution in [2.45, 2.75) is 4.90 Å². The number of sulfonamides is 1. The van der Waals surface area contributed by atoms with Gasteiger partial charge in [-0.25, -0.2) is 8.42 Å². The van der Waals surface area contributed by atoms with Crippen molar-refractivity contribution in [3.8, 4) is 11.4 Å². The molecule has 2 N–H and O–H groups in total. The lowest BCUT2D eigenvalue weighted by molar-refractivity contribution is -0.385. The van der Waals surface area contributed by atoms with E-state index in [2.05, 4.69) is 20.2 Å². The van der Waals surface area contributed by atoms with Crippen LogP contribution in [0.2, 0.25) is 0 Å². The average Bonchev–Trinajstić information content (AvgIpc) is 3.25. The fraction of sp³-hybridized carbons (Fsp3) is 0.0455. The maximum Gasteiger partial charge on any atom is 0.270 e. The highest BCUT2D eigenvalue weighted by Gasteiger charge is 2.21. The minimum atomic E-state index is -4.19. The summed E-state index contributed by atoms with van der Waals surface area (Å²) < 4.78 is 29.8. The quantitative estimate of drug-likeness (QED) is 0.305. The second kappa shape index (κ2) is 9.11. The van der Waals surface area contributed by atoms with Crippen LogP contribution in [0, 0.1) is 10.1 Å². The van der Waals surface area contributed by atoms with Crippen LogP contribution in [0.25, 0.3) is 11.4 Å². The second-order valence-electron chi connectivity index (χ2n) is 7.21. The molecule has 12 heteroatoms. The molecule has 0 unspecified atom stereocenters. The largest absolute Gasteiger partial charge is 0.322 e. The number of benzene rings is 3. The summed E-state index contributed by atoms with van der Waals surface area (Å²) in [6.07, 6.45) is 1.56. The molecule has 0 saturated heterocycles. The van der Waals surface area contributed by atoms with Crippen LogP contribution in [0.3, 0.4) is 0 Å². The summed E-state index contributed by atoms with van der Waals surface area (Å²) in [5, 5.41) is 21.6. The summed E-state index contributed by atoms with van der Waals surface area (Å²) in [6, 6.07) is 17.7. The lowest BCUT2D eigenvalue weighted by atomic mass is 10.1. The predicted molar refractivity (Wildman–Crippen MR) is 125 cm³/mol. The minimum absolute atomic E-state index is 0.0240. The molecule has 1 heterocycles. The molecule has 0 aliphatic carbocycles. The molecule has 172 valence electrons. The van der Waals surface area contributed by atoms with Gasteiger partial charge in [-0.05, 0) is 30.3 Å². The molecule has 1 aromatic heterocycles. The van der Waals surface area contributed by atoms with E-state index in [0.29, 0.717) is 11.5 Å². The van der Waals surface area contributed by atoms with E-state index in [9.17, 15) is 23.3 Å². The van der Waals surface area contributed by atoms with Crippen LogP contribution < -0.4 is 10.0 Å². The highest BCUT2D eigenvalue weighted by Crippen LogP contribution is 2.25. The van der Waals surface area contributed by atoms with Crippen LogP contribution in [-0.2, 0) is 17.1 Å². The van der Waals surface area contributed by atoms with E-state index in [4.69, 9.17) is 0 Å². The number of aromatic nitrogens is 3. The first-order valence-electron chi connectivity index (χ1n) is 9.87. The van der Waals surface area contributed by atoms with E-state index >= 15 is 0 Å². The van der Waals surface area contributed by atoms with Gasteiger partial charge in [-0.2, -0.15) is 0 Å². The van der Waals surface area contributed by atoms with E-state index < -0.39 is 20.9 Å². The van der Waals surface area contributed by atoms with Crippen molar-refractivity contribution in [3.05, 3.63) is 94.8 Å². The van der Waals surface area contributed by atoms with Gasteiger partial charge < -0.3 is 9.88 Å². The topological polar surface area (TPSA) is 149 Å². The first kappa shape index (κ1) is 22.6. The minimum Gasteiger partial charge on any atom is -0.322 e. The SMILES string of the molecule is Cn1cnnc1-c1cccc(NC(=O)c2ccccc2NS(=O)(=O)c2cccc([N+](=O)[O-])c2)c1. The number of nitrogens with zero attached hydrogens (tertiary/aromatic N) is 4. The number of non-ortho nitro benzene ring substituents is 1. The number of aryl methyl sites for hydroxylation is 1. The Morgan fingerprint density at radius 2 is 1.79 bits per heavy atom. The van der Waals surface area contributed by atoms with Gasteiger partial charge in [0.15, 0.2) is 5.82 Å². The van der Waals surface area contributed by atoms with Gasteiger partial charge in [0.2, 0.25) is 0 Å². The van der Waals surface area contributed by atoms with Gasteiger partial charge in [-0.15, -0.1) is 10.2 Å². The van der Waals surface area contributed by atoms with Gasteiger partial charge in [0.1, 0.15) is 6.33 Å². The van der Waals surface area contributed by atoms with Crippen molar-refractivity contribution in [1.82, 2.24) is 14.8 Å². The molecule has 0 bridgehead atoms. The first-order chi connectivity index (χ1) is 16.2. The number of amides is 1. The zero-order valence-corrected chi connectivity index (χ0v) is 18.6. The maximum absolute atomic E-state index is 13.0. The number of carbonyl (C=O) groups is 1. The van der Waals surface area contributed by atoms with Crippen molar-refractivity contribution in [1.29, 1.82) is 0 Å². The summed E-state index contributed by atoms with van der Waals surface area (Å²) in [7, 11) is -2.40. The van der Waals surface area contributed by atoms with E-state index in [1.165, 1.54) is 30.3 Å². The number of rotatable bonds is 7. The van der Waals surface area contributed by atoms with Crippen LogP contribution in [0.15, 0.2) is 84.0 Å². The van der Waals surface area contributed by atoms with Gasteiger partial charge in [0, 0.05) is 30.4 Å². The molecule has 1 amide bonds. The Morgan fingerprint density at radius 1 is 1.03 bits per heavy atom. The molecule has 34 heavy (non-hydrogen) atoms. The van der Waals surface area contributed by atoms with E-state index in [1.807, 2.05) is 6.07 Å². The Kier molecular flexibility index (Phi) is 6.06. The zero-order chi connectivity index (χ0) is 24.3.